The Labute approximate surface area is 120 Å². The molecule has 0 aliphatic rings. The Morgan fingerprint density at radius 2 is 2.10 bits per heavy atom. The molecule has 0 fully saturated rings. The van der Waals surface area contributed by atoms with Crippen molar-refractivity contribution in [3.05, 3.63) is 22.2 Å². The quantitative estimate of drug-likeness (QED) is 0.411. The second-order valence-corrected chi connectivity index (χ2v) is 5.86. The van der Waals surface area contributed by atoms with Crippen LogP contribution in [0.3, 0.4) is 0 Å². The summed E-state index contributed by atoms with van der Waals surface area (Å²) in [6.45, 7) is 3.30. The fraction of sp³-hybridized carbons (Fsp3) is 0.583. The Hall–Kier alpha value is -1.70. The summed E-state index contributed by atoms with van der Waals surface area (Å²) in [5, 5.41) is 17.0. The molecule has 2 N–H and O–H groups in total. The van der Waals surface area contributed by atoms with Crippen molar-refractivity contribution in [2.45, 2.75) is 19.8 Å². The first-order valence-electron chi connectivity index (χ1n) is 6.47. The lowest BCUT2D eigenvalue weighted by Crippen LogP contribution is -2.10. The van der Waals surface area contributed by atoms with Gasteiger partial charge in [0.2, 0.25) is 5.82 Å². The van der Waals surface area contributed by atoms with Crippen molar-refractivity contribution in [2.75, 3.05) is 35.7 Å². The zero-order valence-corrected chi connectivity index (χ0v) is 12.5. The van der Waals surface area contributed by atoms with Gasteiger partial charge in [-0.05, 0) is 18.9 Å². The summed E-state index contributed by atoms with van der Waals surface area (Å²) in [6, 6.07) is 3.03. The van der Waals surface area contributed by atoms with Gasteiger partial charge in [0, 0.05) is 42.0 Å². The van der Waals surface area contributed by atoms with Crippen LogP contribution in [0.25, 0.3) is 0 Å². The van der Waals surface area contributed by atoms with E-state index in [9.17, 15) is 14.3 Å². The predicted molar refractivity (Wildman–Crippen MR) is 81.7 cm³/mol. The van der Waals surface area contributed by atoms with E-state index in [1.165, 1.54) is 6.07 Å². The van der Waals surface area contributed by atoms with Gasteiger partial charge < -0.3 is 10.6 Å². The van der Waals surface area contributed by atoms with Crippen molar-refractivity contribution in [1.82, 2.24) is 4.98 Å². The summed E-state index contributed by atoms with van der Waals surface area (Å²) < 4.78 is 11.0. The summed E-state index contributed by atoms with van der Waals surface area (Å²) in [7, 11) is -0.853. The Bertz CT molecular complexity index is 482. The molecule has 1 aromatic rings. The summed E-state index contributed by atoms with van der Waals surface area (Å²) in [5.41, 5.74) is -0.0512. The molecule has 0 radical (unpaired) electrons. The number of nitrogens with zero attached hydrogens (tertiary/aromatic N) is 2. The first-order valence-corrected chi connectivity index (χ1v) is 8.20. The summed E-state index contributed by atoms with van der Waals surface area (Å²) in [6.07, 6.45) is 3.26. The van der Waals surface area contributed by atoms with E-state index in [0.29, 0.717) is 24.5 Å². The summed E-state index contributed by atoms with van der Waals surface area (Å²) in [4.78, 5) is 14.7. The molecule has 0 aliphatic heterocycles. The molecule has 1 atom stereocenters. The van der Waals surface area contributed by atoms with Crippen LogP contribution in [0.4, 0.5) is 17.3 Å². The standard InChI is InChI=1S/C12H20N4O3S/c1-3-7-13-11-6-5-10(16(17)18)12(15-11)14-8-4-9-20(2)19/h5-6H,3-4,7-9H2,1-2H3,(H2,13,14,15). The monoisotopic (exact) mass is 300 g/mol. The Morgan fingerprint density at radius 3 is 2.70 bits per heavy atom. The maximum absolute atomic E-state index is 11.0. The minimum Gasteiger partial charge on any atom is -0.370 e. The van der Waals surface area contributed by atoms with Crippen LogP contribution in [-0.2, 0) is 10.8 Å². The van der Waals surface area contributed by atoms with Crippen molar-refractivity contribution in [3.63, 3.8) is 0 Å². The smallest absolute Gasteiger partial charge is 0.311 e. The van der Waals surface area contributed by atoms with Crippen molar-refractivity contribution >= 4 is 28.1 Å². The molecule has 0 aromatic carbocycles. The van der Waals surface area contributed by atoms with Gasteiger partial charge in [-0.3, -0.25) is 14.3 Å². The van der Waals surface area contributed by atoms with Crippen LogP contribution < -0.4 is 10.6 Å². The molecular weight excluding hydrogens is 280 g/mol. The van der Waals surface area contributed by atoms with Gasteiger partial charge in [0.05, 0.1) is 4.92 Å². The van der Waals surface area contributed by atoms with Gasteiger partial charge >= 0.3 is 5.69 Å². The van der Waals surface area contributed by atoms with Crippen LogP contribution in [0.2, 0.25) is 0 Å². The van der Waals surface area contributed by atoms with Gasteiger partial charge in [-0.2, -0.15) is 0 Å². The maximum atomic E-state index is 11.0. The highest BCUT2D eigenvalue weighted by molar-refractivity contribution is 7.84. The largest absolute Gasteiger partial charge is 0.370 e. The lowest BCUT2D eigenvalue weighted by Gasteiger charge is -2.09. The van der Waals surface area contributed by atoms with Gasteiger partial charge in [0.1, 0.15) is 5.82 Å². The van der Waals surface area contributed by atoms with Crippen LogP contribution in [-0.4, -0.2) is 39.2 Å². The molecule has 1 rings (SSSR count). The van der Waals surface area contributed by atoms with Crippen molar-refractivity contribution in [3.8, 4) is 0 Å². The van der Waals surface area contributed by atoms with Gasteiger partial charge in [-0.1, -0.05) is 6.92 Å². The molecule has 1 unspecified atom stereocenters. The van der Waals surface area contributed by atoms with E-state index < -0.39 is 15.7 Å². The van der Waals surface area contributed by atoms with Crippen LogP contribution >= 0.6 is 0 Å². The highest BCUT2D eigenvalue weighted by Crippen LogP contribution is 2.23. The average molecular weight is 300 g/mol. The molecule has 7 nitrogen and oxygen atoms in total. The maximum Gasteiger partial charge on any atom is 0.311 e. The Balaban J connectivity index is 2.72. The number of hydrogen-bond acceptors (Lipinski definition) is 6. The van der Waals surface area contributed by atoms with Gasteiger partial charge in [0.15, 0.2) is 0 Å². The summed E-state index contributed by atoms with van der Waals surface area (Å²) >= 11 is 0. The highest BCUT2D eigenvalue weighted by Gasteiger charge is 2.15. The predicted octanol–water partition coefficient (Wildman–Crippen LogP) is 1.99. The fourth-order valence-electron chi connectivity index (χ4n) is 1.56. The number of anilines is 2. The third kappa shape index (κ3) is 5.52. The average Bonchev–Trinajstić information content (AvgIpc) is 2.41. The molecule has 112 valence electrons. The minimum absolute atomic E-state index is 0.0512. The SMILES string of the molecule is CCCNc1ccc([N+](=O)[O-])c(NCCCS(C)=O)n1. The number of hydrogen-bond donors (Lipinski definition) is 2. The third-order valence-corrected chi connectivity index (χ3v) is 3.39. The number of pyridine rings is 1. The molecule has 0 aliphatic carbocycles. The van der Waals surface area contributed by atoms with E-state index in [0.717, 1.165) is 13.0 Å². The molecule has 0 bridgehead atoms. The third-order valence-electron chi connectivity index (χ3n) is 2.53. The molecule has 8 heteroatoms. The molecule has 0 saturated carbocycles. The number of nitro groups is 1. The van der Waals surface area contributed by atoms with E-state index in [-0.39, 0.29) is 11.5 Å². The topological polar surface area (TPSA) is 97.2 Å². The van der Waals surface area contributed by atoms with Gasteiger partial charge in [0.25, 0.3) is 0 Å². The number of aromatic nitrogens is 1. The van der Waals surface area contributed by atoms with E-state index in [4.69, 9.17) is 0 Å². The molecule has 1 heterocycles. The lowest BCUT2D eigenvalue weighted by atomic mass is 10.3. The van der Waals surface area contributed by atoms with Crippen molar-refractivity contribution in [1.29, 1.82) is 0 Å². The normalized spacial score (nSPS) is 11.9. The lowest BCUT2D eigenvalue weighted by molar-refractivity contribution is -0.384. The van der Waals surface area contributed by atoms with Crippen LogP contribution in [0.15, 0.2) is 12.1 Å². The Morgan fingerprint density at radius 1 is 1.35 bits per heavy atom. The van der Waals surface area contributed by atoms with E-state index in [1.54, 1.807) is 12.3 Å². The molecule has 0 saturated heterocycles. The number of nitrogens with one attached hydrogen (secondary N) is 2. The molecule has 0 spiro atoms. The van der Waals surface area contributed by atoms with E-state index in [1.807, 2.05) is 6.92 Å². The Kier molecular flexibility index (Phi) is 6.92. The van der Waals surface area contributed by atoms with E-state index in [2.05, 4.69) is 15.6 Å². The van der Waals surface area contributed by atoms with Crippen molar-refractivity contribution in [2.24, 2.45) is 0 Å². The van der Waals surface area contributed by atoms with Crippen molar-refractivity contribution < 1.29 is 9.13 Å². The fourth-order valence-corrected chi connectivity index (χ4v) is 2.11. The van der Waals surface area contributed by atoms with E-state index >= 15 is 0 Å². The van der Waals surface area contributed by atoms with Gasteiger partial charge in [-0.25, -0.2) is 4.98 Å². The molecule has 20 heavy (non-hydrogen) atoms. The second-order valence-electron chi connectivity index (χ2n) is 4.31. The number of rotatable bonds is 9. The molecule has 1 aromatic heterocycles. The zero-order chi connectivity index (χ0) is 15.0. The first kappa shape index (κ1) is 16.4. The first-order chi connectivity index (χ1) is 9.54. The van der Waals surface area contributed by atoms with Crippen LogP contribution in [0.1, 0.15) is 19.8 Å². The minimum atomic E-state index is -0.853. The van der Waals surface area contributed by atoms with Gasteiger partial charge in [-0.15, -0.1) is 0 Å². The highest BCUT2D eigenvalue weighted by atomic mass is 32.2. The molecule has 0 amide bonds. The summed E-state index contributed by atoms with van der Waals surface area (Å²) in [5.74, 6) is 1.42. The second kappa shape index (κ2) is 8.47. The van der Waals surface area contributed by atoms with Crippen LogP contribution in [0, 0.1) is 10.1 Å². The van der Waals surface area contributed by atoms with Crippen LogP contribution in [0.5, 0.6) is 0 Å². The zero-order valence-electron chi connectivity index (χ0n) is 11.7. The molecular formula is C12H20N4O3S.